The Bertz CT molecular complexity index is 3540. The first-order valence-corrected chi connectivity index (χ1v) is 25.5. The zero-order chi connectivity index (χ0) is 56.5. The zero-order valence-electron chi connectivity index (χ0n) is 36.9. The van der Waals surface area contributed by atoms with Gasteiger partial charge < -0.3 is 10.8 Å². The second kappa shape index (κ2) is 24.1. The molecule has 0 spiro atoms. The molecule has 32 heteroatoms. The third-order valence-corrected chi connectivity index (χ3v) is 13.7. The summed E-state index contributed by atoms with van der Waals surface area (Å²) in [7, 11) is -8.15. The number of nitriles is 2. The van der Waals surface area contributed by atoms with E-state index in [0.29, 0.717) is 40.7 Å². The van der Waals surface area contributed by atoms with Crippen molar-refractivity contribution in [3.63, 3.8) is 0 Å². The Kier molecular flexibility index (Phi) is 20.1. The lowest BCUT2D eigenvalue weighted by Gasteiger charge is -2.13. The fraction of sp³-hybridized carbons (Fsp3) is 0.143. The van der Waals surface area contributed by atoms with E-state index < -0.39 is 106 Å². The number of benzene rings is 3. The van der Waals surface area contributed by atoms with Crippen molar-refractivity contribution < 1.29 is 74.7 Å². The lowest BCUT2D eigenvalue weighted by atomic mass is 10.2. The van der Waals surface area contributed by atoms with Crippen molar-refractivity contribution in [2.45, 2.75) is 54.0 Å². The van der Waals surface area contributed by atoms with Crippen molar-refractivity contribution in [2.75, 3.05) is 15.2 Å². The highest BCUT2D eigenvalue weighted by Gasteiger charge is 2.37. The fourth-order valence-corrected chi connectivity index (χ4v) is 8.91. The lowest BCUT2D eigenvalue weighted by Crippen LogP contribution is -2.17. The van der Waals surface area contributed by atoms with Gasteiger partial charge >= 0.3 is 24.5 Å². The number of hydrogen-bond acceptors (Lipinski definition) is 13. The van der Waals surface area contributed by atoms with E-state index in [1.54, 1.807) is 32.2 Å². The van der Waals surface area contributed by atoms with Gasteiger partial charge in [-0.3, -0.25) is 9.44 Å². The maximum Gasteiger partial charge on any atom is 0.417 e. The quantitative estimate of drug-likeness (QED) is 0.0815. The van der Waals surface area contributed by atoms with Gasteiger partial charge in [0.1, 0.15) is 12.1 Å². The molecule has 0 saturated carbocycles. The molecule has 0 atom stereocenters. The number of rotatable bonds is 8. The van der Waals surface area contributed by atoms with Crippen LogP contribution in [0.3, 0.4) is 0 Å². The van der Waals surface area contributed by atoms with Gasteiger partial charge in [-0.2, -0.15) is 50.0 Å². The summed E-state index contributed by atoms with van der Waals surface area (Å²) in [5, 5.41) is 24.6. The van der Waals surface area contributed by atoms with E-state index in [9.17, 15) is 69.6 Å². The second-order valence-corrected chi connectivity index (χ2v) is 21.5. The number of alkyl halides is 9. The number of nitrogens with one attached hydrogen (secondary N) is 2. The van der Waals surface area contributed by atoms with Crippen molar-refractivity contribution in [1.82, 2.24) is 15.0 Å². The van der Waals surface area contributed by atoms with Crippen LogP contribution in [-0.2, 0) is 47.6 Å². The number of pyridine rings is 3. The molecule has 0 aliphatic rings. The molecule has 74 heavy (non-hydrogen) atoms. The summed E-state index contributed by atoms with van der Waals surface area (Å²) in [6.07, 6.45) is -10.2. The molecule has 16 nitrogen and oxygen atoms in total. The molecule has 0 fully saturated rings. The highest BCUT2D eigenvalue weighted by atomic mass is 35.7. The van der Waals surface area contributed by atoms with Crippen LogP contribution in [0.5, 0.6) is 0 Å². The molecule has 5 N–H and O–H groups in total. The molecular formula is C42H29Cl4F9N8O8S3. The van der Waals surface area contributed by atoms with E-state index in [4.69, 9.17) is 66.8 Å². The van der Waals surface area contributed by atoms with Gasteiger partial charge in [-0.05, 0) is 110 Å². The first-order valence-electron chi connectivity index (χ1n) is 19.1. The first-order chi connectivity index (χ1) is 33.8. The van der Waals surface area contributed by atoms with Gasteiger partial charge in [-0.25, -0.2) is 45.0 Å². The monoisotopic (exact) mass is 1180 g/mol. The average molecular weight is 1180 g/mol. The summed E-state index contributed by atoms with van der Waals surface area (Å²) in [6, 6.07) is 14.3. The minimum Gasteiger partial charge on any atom is -0.476 e. The predicted molar refractivity (Wildman–Crippen MR) is 252 cm³/mol. The standard InChI is InChI=1S/C14H9ClF3N3O2S.C14H10ClF3N2O4S.C7H3Cl2F3O2S.C7H7N3/c1-8-4-12(13(6-19)20-7-8)21-24(22,23)9-2-3-11(15)10(5-9)14(16,17)18;1-7-4-11(12(13(21)22)19-6-7)20-25(23,24)8-2-3-10(15)9(5-8)14(16,17)18;8-6-2-1-4(15(9,13)14)3-5(6)7(10,11)12;1-5-2-6(9)7(3-8)10-4-5/h2-5,7,21H,1H3;2-6,20H,1H3,(H,21,22);1-3H;2,4H,9H2,1H3. The molecule has 3 heterocycles. The molecule has 3 aromatic heterocycles. The summed E-state index contributed by atoms with van der Waals surface area (Å²) in [5.41, 5.74) is 3.09. The van der Waals surface area contributed by atoms with Crippen LogP contribution in [0.2, 0.25) is 15.1 Å². The molecule has 0 aliphatic carbocycles. The van der Waals surface area contributed by atoms with Gasteiger partial charge in [0, 0.05) is 29.3 Å². The Hall–Kier alpha value is -6.66. The van der Waals surface area contributed by atoms with E-state index in [1.165, 1.54) is 24.5 Å². The molecule has 0 radical (unpaired) electrons. The van der Waals surface area contributed by atoms with E-state index >= 15 is 0 Å². The number of carboxylic acid groups (broad SMARTS) is 1. The zero-order valence-corrected chi connectivity index (χ0v) is 42.4. The van der Waals surface area contributed by atoms with Crippen molar-refractivity contribution in [3.8, 4) is 12.1 Å². The minimum atomic E-state index is -4.85. The number of sulfonamides is 2. The summed E-state index contributed by atoms with van der Waals surface area (Å²) < 4.78 is 189. The molecule has 3 aromatic carbocycles. The van der Waals surface area contributed by atoms with Crippen LogP contribution < -0.4 is 15.2 Å². The number of halogens is 13. The number of nitrogen functional groups attached to an aromatic ring is 1. The molecule has 0 unspecified atom stereocenters. The van der Waals surface area contributed by atoms with Gasteiger partial charge in [0.15, 0.2) is 17.1 Å². The van der Waals surface area contributed by atoms with Crippen LogP contribution in [0, 0.1) is 43.4 Å². The number of carboxylic acids is 1. The minimum absolute atomic E-state index is 0.124. The van der Waals surface area contributed by atoms with Crippen LogP contribution in [0.15, 0.2) is 106 Å². The van der Waals surface area contributed by atoms with E-state index in [2.05, 4.69) is 19.7 Å². The third-order valence-electron chi connectivity index (χ3n) is 8.64. The molecule has 394 valence electrons. The van der Waals surface area contributed by atoms with Crippen molar-refractivity contribution in [1.29, 1.82) is 10.5 Å². The highest BCUT2D eigenvalue weighted by molar-refractivity contribution is 8.13. The summed E-state index contributed by atoms with van der Waals surface area (Å²) in [5.74, 6) is -1.50. The number of aromatic nitrogens is 3. The highest BCUT2D eigenvalue weighted by Crippen LogP contribution is 2.39. The van der Waals surface area contributed by atoms with Crippen molar-refractivity contribution >= 4 is 97.6 Å². The normalized spacial score (nSPS) is 11.7. The van der Waals surface area contributed by atoms with E-state index in [0.717, 1.165) is 42.0 Å². The Labute approximate surface area is 433 Å². The topological polar surface area (TPSA) is 276 Å². The van der Waals surface area contributed by atoms with Crippen molar-refractivity contribution in [2.24, 2.45) is 0 Å². The third kappa shape index (κ3) is 17.2. The van der Waals surface area contributed by atoms with Crippen LogP contribution in [0.1, 0.15) is 55.3 Å². The molecule has 6 aromatic rings. The Morgan fingerprint density at radius 3 is 1.27 bits per heavy atom. The summed E-state index contributed by atoms with van der Waals surface area (Å²) in [4.78, 5) is 20.3. The Morgan fingerprint density at radius 2 is 0.905 bits per heavy atom. The maximum atomic E-state index is 12.9. The van der Waals surface area contributed by atoms with Gasteiger partial charge in [-0.1, -0.05) is 34.8 Å². The first kappa shape index (κ1) is 61.6. The van der Waals surface area contributed by atoms with Crippen LogP contribution in [0.4, 0.5) is 56.6 Å². The SMILES string of the molecule is Cc1cnc(C#N)c(N)c1.Cc1cnc(C#N)c(NS(=O)(=O)c2ccc(Cl)c(C(F)(F)F)c2)c1.Cc1cnc(C(=O)O)c(NS(=O)(=O)c2ccc(Cl)c(C(F)(F)F)c2)c1.O=S(=O)(Cl)c1ccc(Cl)c(C(F)(F)F)c1. The van der Waals surface area contributed by atoms with Gasteiger partial charge in [0.25, 0.3) is 29.1 Å². The number of aromatic carboxylic acids is 1. The fourth-order valence-electron chi connectivity index (χ4n) is 5.30. The lowest BCUT2D eigenvalue weighted by molar-refractivity contribution is -0.138. The number of carbonyl (C=O) groups is 1. The van der Waals surface area contributed by atoms with E-state index in [-0.39, 0.29) is 17.1 Å². The maximum absolute atomic E-state index is 12.9. The van der Waals surface area contributed by atoms with Crippen LogP contribution in [-0.4, -0.2) is 51.3 Å². The Balaban J connectivity index is 0.000000274. The van der Waals surface area contributed by atoms with Gasteiger partial charge in [-0.15, -0.1) is 0 Å². The van der Waals surface area contributed by atoms with E-state index in [1.807, 2.05) is 17.7 Å². The molecule has 0 bridgehead atoms. The number of aryl methyl sites for hydroxylation is 3. The average Bonchev–Trinajstić information content (AvgIpc) is 3.25. The van der Waals surface area contributed by atoms with Crippen LogP contribution in [0.25, 0.3) is 0 Å². The number of hydrogen-bond donors (Lipinski definition) is 4. The molecular weight excluding hydrogens is 1150 g/mol. The number of nitrogens with zero attached hydrogens (tertiary/aromatic N) is 5. The van der Waals surface area contributed by atoms with Gasteiger partial charge in [0.2, 0.25) is 0 Å². The molecule has 0 amide bonds. The summed E-state index contributed by atoms with van der Waals surface area (Å²) in [6.45, 7) is 5.04. The molecule has 6 rings (SSSR count). The predicted octanol–water partition coefficient (Wildman–Crippen LogP) is 11.4. The molecule has 0 saturated heterocycles. The van der Waals surface area contributed by atoms with Crippen molar-refractivity contribution in [3.05, 3.63) is 157 Å². The smallest absolute Gasteiger partial charge is 0.417 e. The number of anilines is 3. The summed E-state index contributed by atoms with van der Waals surface area (Å²) >= 11 is 16.2. The van der Waals surface area contributed by atoms with Crippen LogP contribution >= 0.6 is 45.5 Å². The van der Waals surface area contributed by atoms with Gasteiger partial charge in [0.05, 0.1) is 63.5 Å². The largest absolute Gasteiger partial charge is 0.476 e. The second-order valence-electron chi connectivity index (χ2n) is 14.4. The molecule has 0 aliphatic heterocycles. The Morgan fingerprint density at radius 1 is 0.568 bits per heavy atom. The number of nitrogens with two attached hydrogens (primary N) is 1.